The van der Waals surface area contributed by atoms with Gasteiger partial charge in [-0.3, -0.25) is 0 Å². The molecule has 0 heterocycles. The van der Waals surface area contributed by atoms with E-state index in [-0.39, 0.29) is 12.0 Å². The van der Waals surface area contributed by atoms with E-state index in [0.29, 0.717) is 5.92 Å². The Morgan fingerprint density at radius 3 is 2.53 bits per heavy atom. The zero-order valence-electron chi connectivity index (χ0n) is 12.0. The number of aliphatic hydroxyl groups is 1. The van der Waals surface area contributed by atoms with Crippen LogP contribution in [0.3, 0.4) is 0 Å². The van der Waals surface area contributed by atoms with Crippen LogP contribution in [0.5, 0.6) is 0 Å². The summed E-state index contributed by atoms with van der Waals surface area (Å²) in [4.78, 5) is 0. The molecule has 0 saturated heterocycles. The van der Waals surface area contributed by atoms with Crippen molar-refractivity contribution in [2.75, 3.05) is 13.2 Å². The number of allylic oxidation sites excluding steroid dienone is 1. The highest BCUT2D eigenvalue weighted by Crippen LogP contribution is 2.10. The summed E-state index contributed by atoms with van der Waals surface area (Å²) in [5.41, 5.74) is 0. The molecule has 0 aliphatic carbocycles. The molecule has 0 bridgehead atoms. The van der Waals surface area contributed by atoms with Crippen LogP contribution in [0.25, 0.3) is 0 Å². The van der Waals surface area contributed by atoms with Crippen molar-refractivity contribution in [2.45, 2.75) is 59.5 Å². The van der Waals surface area contributed by atoms with E-state index >= 15 is 0 Å². The van der Waals surface area contributed by atoms with E-state index in [0.717, 1.165) is 32.5 Å². The molecule has 1 N–H and O–H groups in total. The van der Waals surface area contributed by atoms with Gasteiger partial charge < -0.3 is 9.84 Å². The van der Waals surface area contributed by atoms with Crippen molar-refractivity contribution in [3.05, 3.63) is 12.2 Å². The maximum absolute atomic E-state index is 9.62. The van der Waals surface area contributed by atoms with Gasteiger partial charge in [-0.25, -0.2) is 0 Å². The van der Waals surface area contributed by atoms with Crippen LogP contribution in [-0.2, 0) is 4.74 Å². The maximum atomic E-state index is 9.62. The van der Waals surface area contributed by atoms with Crippen LogP contribution in [0, 0.1) is 11.8 Å². The van der Waals surface area contributed by atoms with Gasteiger partial charge in [0, 0.05) is 13.2 Å². The Bertz CT molecular complexity index is 189. The quantitative estimate of drug-likeness (QED) is 0.466. The molecule has 0 radical (unpaired) electrons. The lowest BCUT2D eigenvalue weighted by Gasteiger charge is -2.13. The van der Waals surface area contributed by atoms with Crippen molar-refractivity contribution in [3.63, 3.8) is 0 Å². The fourth-order valence-electron chi connectivity index (χ4n) is 1.62. The fourth-order valence-corrected chi connectivity index (χ4v) is 1.62. The molecule has 0 amide bonds. The van der Waals surface area contributed by atoms with E-state index in [1.165, 1.54) is 6.42 Å². The average molecular weight is 242 g/mol. The summed E-state index contributed by atoms with van der Waals surface area (Å²) < 4.78 is 5.58. The first-order chi connectivity index (χ1) is 8.11. The third-order valence-corrected chi connectivity index (χ3v) is 3.05. The molecule has 3 atom stereocenters. The van der Waals surface area contributed by atoms with Crippen molar-refractivity contribution in [1.29, 1.82) is 0 Å². The van der Waals surface area contributed by atoms with Crippen molar-refractivity contribution >= 4 is 0 Å². The van der Waals surface area contributed by atoms with Gasteiger partial charge in [-0.05, 0) is 31.1 Å². The molecule has 0 saturated carbocycles. The summed E-state index contributed by atoms with van der Waals surface area (Å²) in [6.45, 7) is 10.2. The lowest BCUT2D eigenvalue weighted by molar-refractivity contribution is 0.103. The van der Waals surface area contributed by atoms with Crippen molar-refractivity contribution < 1.29 is 9.84 Å². The Hall–Kier alpha value is -0.340. The molecule has 0 aliphatic rings. The monoisotopic (exact) mass is 242 g/mol. The highest BCUT2D eigenvalue weighted by Gasteiger charge is 2.07. The van der Waals surface area contributed by atoms with Crippen LogP contribution in [0.1, 0.15) is 53.4 Å². The second kappa shape index (κ2) is 10.8. The molecule has 0 aromatic rings. The Kier molecular flexibility index (Phi) is 10.6. The normalized spacial score (nSPS) is 17.2. The molecule has 0 aliphatic heterocycles. The van der Waals surface area contributed by atoms with Gasteiger partial charge in [0.1, 0.15) is 0 Å². The molecular formula is C15H30O2. The van der Waals surface area contributed by atoms with Gasteiger partial charge in [-0.2, -0.15) is 0 Å². The number of hydrogen-bond acceptors (Lipinski definition) is 2. The van der Waals surface area contributed by atoms with E-state index in [1.54, 1.807) is 0 Å². The third kappa shape index (κ3) is 9.37. The highest BCUT2D eigenvalue weighted by molar-refractivity contribution is 4.90. The fraction of sp³-hybridized carbons (Fsp3) is 0.867. The number of aliphatic hydroxyl groups excluding tert-OH is 1. The Morgan fingerprint density at radius 1 is 1.24 bits per heavy atom. The zero-order valence-corrected chi connectivity index (χ0v) is 12.0. The minimum Gasteiger partial charge on any atom is -0.393 e. The van der Waals surface area contributed by atoms with Crippen LogP contribution >= 0.6 is 0 Å². The topological polar surface area (TPSA) is 29.5 Å². The summed E-state index contributed by atoms with van der Waals surface area (Å²) in [6, 6.07) is 0. The molecule has 17 heavy (non-hydrogen) atoms. The van der Waals surface area contributed by atoms with Gasteiger partial charge in [-0.15, -0.1) is 0 Å². The largest absolute Gasteiger partial charge is 0.393 e. The molecule has 0 aromatic carbocycles. The van der Waals surface area contributed by atoms with Gasteiger partial charge in [0.25, 0.3) is 0 Å². The Labute approximate surface area is 107 Å². The second-order valence-corrected chi connectivity index (χ2v) is 5.03. The smallest absolute Gasteiger partial charge is 0.0597 e. The number of hydrogen-bond donors (Lipinski definition) is 1. The van der Waals surface area contributed by atoms with Crippen LogP contribution in [-0.4, -0.2) is 24.4 Å². The summed E-state index contributed by atoms with van der Waals surface area (Å²) >= 11 is 0. The first-order valence-electron chi connectivity index (χ1n) is 7.04. The molecule has 102 valence electrons. The van der Waals surface area contributed by atoms with Gasteiger partial charge in [0.05, 0.1) is 6.10 Å². The first kappa shape index (κ1) is 16.7. The van der Waals surface area contributed by atoms with Crippen LogP contribution in [0.15, 0.2) is 12.2 Å². The highest BCUT2D eigenvalue weighted by atomic mass is 16.5. The Morgan fingerprint density at radius 2 is 1.94 bits per heavy atom. The van der Waals surface area contributed by atoms with Gasteiger partial charge in [-0.1, -0.05) is 46.3 Å². The zero-order chi connectivity index (χ0) is 13.1. The summed E-state index contributed by atoms with van der Waals surface area (Å²) in [6.07, 6.45) is 8.30. The van der Waals surface area contributed by atoms with E-state index in [2.05, 4.69) is 32.9 Å². The minimum absolute atomic E-state index is 0.206. The average Bonchev–Trinajstić information content (AvgIpc) is 2.33. The summed E-state index contributed by atoms with van der Waals surface area (Å²) in [5, 5.41) is 9.62. The standard InChI is InChI=1S/C15H30O2/c1-5-7-11-17-12-13(3)9-8-10-14(4)15(16)6-2/h8,10,13-16H,5-7,9,11-12H2,1-4H3/b10-8+/t13-,14-,15-/m0/s1. The minimum atomic E-state index is -0.206. The Balaban J connectivity index is 3.61. The number of rotatable bonds is 10. The molecule has 0 rings (SSSR count). The number of unbranched alkanes of at least 4 members (excludes halogenated alkanes) is 1. The summed E-state index contributed by atoms with van der Waals surface area (Å²) in [7, 11) is 0. The first-order valence-corrected chi connectivity index (χ1v) is 7.04. The number of ether oxygens (including phenoxy) is 1. The van der Waals surface area contributed by atoms with Gasteiger partial charge in [0.15, 0.2) is 0 Å². The molecule has 0 aromatic heterocycles. The van der Waals surface area contributed by atoms with Crippen molar-refractivity contribution in [1.82, 2.24) is 0 Å². The van der Waals surface area contributed by atoms with E-state index in [1.807, 2.05) is 6.92 Å². The molecular weight excluding hydrogens is 212 g/mol. The molecule has 0 spiro atoms. The SMILES string of the molecule is CCCCOC[C@@H](C)C/C=C/[C@H](C)[C@@H](O)CC. The molecule has 2 nitrogen and oxygen atoms in total. The predicted molar refractivity (Wildman–Crippen MR) is 74.1 cm³/mol. The maximum Gasteiger partial charge on any atom is 0.0597 e. The van der Waals surface area contributed by atoms with Crippen LogP contribution < -0.4 is 0 Å². The van der Waals surface area contributed by atoms with E-state index in [4.69, 9.17) is 4.74 Å². The molecule has 0 fully saturated rings. The van der Waals surface area contributed by atoms with Gasteiger partial charge >= 0.3 is 0 Å². The van der Waals surface area contributed by atoms with Crippen LogP contribution in [0.2, 0.25) is 0 Å². The van der Waals surface area contributed by atoms with Crippen molar-refractivity contribution in [3.8, 4) is 0 Å². The van der Waals surface area contributed by atoms with Gasteiger partial charge in [0.2, 0.25) is 0 Å². The third-order valence-electron chi connectivity index (χ3n) is 3.05. The van der Waals surface area contributed by atoms with Crippen molar-refractivity contribution in [2.24, 2.45) is 11.8 Å². The predicted octanol–water partition coefficient (Wildman–Crippen LogP) is 3.79. The van der Waals surface area contributed by atoms with E-state index in [9.17, 15) is 5.11 Å². The lowest BCUT2D eigenvalue weighted by Crippen LogP contribution is -2.14. The molecule has 2 heteroatoms. The van der Waals surface area contributed by atoms with Crippen LogP contribution in [0.4, 0.5) is 0 Å². The second-order valence-electron chi connectivity index (χ2n) is 5.03. The lowest BCUT2D eigenvalue weighted by atomic mass is 10.0. The molecule has 0 unspecified atom stereocenters. The summed E-state index contributed by atoms with van der Waals surface area (Å²) in [5.74, 6) is 0.822. The van der Waals surface area contributed by atoms with E-state index < -0.39 is 0 Å².